The van der Waals surface area contributed by atoms with Crippen LogP contribution in [0.5, 0.6) is 0 Å². The lowest BCUT2D eigenvalue weighted by Gasteiger charge is -2.14. The molecule has 3 aromatic carbocycles. The molecule has 1 amide bonds. The minimum absolute atomic E-state index is 0.0467. The van der Waals surface area contributed by atoms with Crippen LogP contribution in [0, 0.1) is 5.82 Å². The molecule has 0 spiro atoms. The molecule has 0 radical (unpaired) electrons. The van der Waals surface area contributed by atoms with E-state index in [-0.39, 0.29) is 22.3 Å². The summed E-state index contributed by atoms with van der Waals surface area (Å²) < 4.78 is 42.1. The first kappa shape index (κ1) is 24.3. The Bertz CT molecular complexity index is 1560. The summed E-state index contributed by atoms with van der Waals surface area (Å²) in [5.41, 5.74) is 2.11. The molecule has 0 bridgehead atoms. The van der Waals surface area contributed by atoms with Crippen molar-refractivity contribution >= 4 is 32.3 Å². The van der Waals surface area contributed by atoms with E-state index in [1.54, 1.807) is 24.3 Å². The maximum atomic E-state index is 14.0. The number of anilines is 1. The fraction of sp³-hybridized carbons (Fsp3) is 0.185. The average Bonchev–Trinajstić information content (AvgIpc) is 2.86. The lowest BCUT2D eigenvalue weighted by atomic mass is 10.1. The van der Waals surface area contributed by atoms with Gasteiger partial charge in [-0.05, 0) is 66.4 Å². The molecular formula is C27H25FN2O4S. The number of aryl methyl sites for hydroxylation is 2. The maximum absolute atomic E-state index is 14.0. The van der Waals surface area contributed by atoms with Crippen LogP contribution >= 0.6 is 0 Å². The number of nitrogens with one attached hydrogen (secondary N) is 1. The quantitative estimate of drug-likeness (QED) is 0.404. The predicted molar refractivity (Wildman–Crippen MR) is 134 cm³/mol. The molecule has 1 heterocycles. The van der Waals surface area contributed by atoms with Gasteiger partial charge in [-0.15, -0.1) is 0 Å². The molecule has 180 valence electrons. The Hall–Kier alpha value is -3.78. The number of halogens is 1. The minimum atomic E-state index is -4.21. The smallest absolute Gasteiger partial charge is 0.244 e. The van der Waals surface area contributed by atoms with Gasteiger partial charge in [-0.3, -0.25) is 9.59 Å². The summed E-state index contributed by atoms with van der Waals surface area (Å²) in [6, 6.07) is 17.2. The van der Waals surface area contributed by atoms with E-state index in [4.69, 9.17) is 0 Å². The van der Waals surface area contributed by atoms with E-state index in [1.807, 2.05) is 26.0 Å². The molecule has 0 atom stereocenters. The topological polar surface area (TPSA) is 85.2 Å². The molecule has 4 aromatic rings. The number of carbonyl (C=O) groups is 1. The van der Waals surface area contributed by atoms with Gasteiger partial charge in [0, 0.05) is 17.3 Å². The van der Waals surface area contributed by atoms with Gasteiger partial charge in [0.2, 0.25) is 21.2 Å². The van der Waals surface area contributed by atoms with Crippen LogP contribution in [-0.4, -0.2) is 18.9 Å². The Morgan fingerprint density at radius 2 is 1.51 bits per heavy atom. The molecule has 0 fully saturated rings. The predicted octanol–water partition coefficient (Wildman–Crippen LogP) is 4.74. The Labute approximate surface area is 203 Å². The van der Waals surface area contributed by atoms with Crippen LogP contribution in [0.25, 0.3) is 10.9 Å². The van der Waals surface area contributed by atoms with E-state index in [0.29, 0.717) is 5.69 Å². The van der Waals surface area contributed by atoms with Gasteiger partial charge < -0.3 is 9.88 Å². The van der Waals surface area contributed by atoms with Crippen molar-refractivity contribution in [3.8, 4) is 0 Å². The monoisotopic (exact) mass is 492 g/mol. The Morgan fingerprint density at radius 3 is 2.11 bits per heavy atom. The summed E-state index contributed by atoms with van der Waals surface area (Å²) in [6.07, 6.45) is 2.76. The third kappa shape index (κ3) is 5.02. The number of carbonyl (C=O) groups excluding carboxylic acids is 1. The molecule has 35 heavy (non-hydrogen) atoms. The molecule has 0 unspecified atom stereocenters. The van der Waals surface area contributed by atoms with Crippen molar-refractivity contribution < 1.29 is 17.6 Å². The molecule has 0 aliphatic heterocycles. The van der Waals surface area contributed by atoms with Crippen LogP contribution in [-0.2, 0) is 34.0 Å². The van der Waals surface area contributed by atoms with Crippen LogP contribution < -0.4 is 10.7 Å². The largest absolute Gasteiger partial charge is 0.336 e. The van der Waals surface area contributed by atoms with Crippen LogP contribution in [0.4, 0.5) is 10.1 Å². The molecule has 1 aromatic heterocycles. The second-order valence-electron chi connectivity index (χ2n) is 8.21. The van der Waals surface area contributed by atoms with Gasteiger partial charge in [0.25, 0.3) is 0 Å². The van der Waals surface area contributed by atoms with Crippen molar-refractivity contribution in [1.82, 2.24) is 4.57 Å². The number of rotatable bonds is 7. The van der Waals surface area contributed by atoms with Crippen LogP contribution in [0.2, 0.25) is 0 Å². The number of hydrogen-bond acceptors (Lipinski definition) is 4. The molecule has 0 aliphatic rings. The average molecular weight is 493 g/mol. The fourth-order valence-corrected chi connectivity index (χ4v) is 5.24. The number of pyridine rings is 1. The molecular weight excluding hydrogens is 467 g/mol. The highest BCUT2D eigenvalue weighted by Gasteiger charge is 2.24. The molecule has 4 rings (SSSR count). The van der Waals surface area contributed by atoms with Crippen molar-refractivity contribution in [3.05, 3.63) is 100 Å². The number of aromatic nitrogens is 1. The third-order valence-corrected chi connectivity index (χ3v) is 7.66. The second kappa shape index (κ2) is 9.84. The van der Waals surface area contributed by atoms with E-state index in [1.165, 1.54) is 22.8 Å². The number of hydrogen-bond donors (Lipinski definition) is 1. The fourth-order valence-electron chi connectivity index (χ4n) is 3.88. The summed E-state index contributed by atoms with van der Waals surface area (Å²) in [7, 11) is -4.21. The molecule has 8 heteroatoms. The zero-order valence-electron chi connectivity index (χ0n) is 19.4. The number of nitrogens with zero attached hydrogens (tertiary/aromatic N) is 1. The lowest BCUT2D eigenvalue weighted by Crippen LogP contribution is -2.24. The summed E-state index contributed by atoms with van der Waals surface area (Å²) in [5, 5.41) is 2.66. The molecule has 0 saturated heterocycles. The normalized spacial score (nSPS) is 11.5. The number of sulfone groups is 1. The summed E-state index contributed by atoms with van der Waals surface area (Å²) in [6.45, 7) is 3.71. The van der Waals surface area contributed by atoms with Crippen molar-refractivity contribution in [2.75, 3.05) is 5.32 Å². The van der Waals surface area contributed by atoms with E-state index < -0.39 is 31.9 Å². The number of benzene rings is 3. The van der Waals surface area contributed by atoms with E-state index in [2.05, 4.69) is 5.32 Å². The summed E-state index contributed by atoms with van der Waals surface area (Å²) >= 11 is 0. The van der Waals surface area contributed by atoms with Gasteiger partial charge in [0.1, 0.15) is 17.3 Å². The molecule has 0 saturated carbocycles. The number of fused-ring (bicyclic) bond motifs is 1. The molecule has 0 aliphatic carbocycles. The zero-order chi connectivity index (χ0) is 25.2. The van der Waals surface area contributed by atoms with Gasteiger partial charge >= 0.3 is 0 Å². The first-order chi connectivity index (χ1) is 16.7. The Kier molecular flexibility index (Phi) is 6.84. The zero-order valence-corrected chi connectivity index (χ0v) is 20.2. The van der Waals surface area contributed by atoms with Crippen molar-refractivity contribution in [1.29, 1.82) is 0 Å². The van der Waals surface area contributed by atoms with Gasteiger partial charge in [0.15, 0.2) is 0 Å². The highest BCUT2D eigenvalue weighted by molar-refractivity contribution is 7.91. The van der Waals surface area contributed by atoms with Crippen molar-refractivity contribution in [2.45, 2.75) is 43.0 Å². The van der Waals surface area contributed by atoms with Gasteiger partial charge in [0.05, 0.1) is 10.4 Å². The van der Waals surface area contributed by atoms with Crippen molar-refractivity contribution in [3.63, 3.8) is 0 Å². The minimum Gasteiger partial charge on any atom is -0.336 e. The van der Waals surface area contributed by atoms with Gasteiger partial charge in [-0.1, -0.05) is 38.1 Å². The maximum Gasteiger partial charge on any atom is 0.244 e. The Balaban J connectivity index is 1.77. The Morgan fingerprint density at radius 1 is 0.914 bits per heavy atom. The van der Waals surface area contributed by atoms with E-state index in [0.717, 1.165) is 42.3 Å². The number of amides is 1. The lowest BCUT2D eigenvalue weighted by molar-refractivity contribution is -0.116. The summed E-state index contributed by atoms with van der Waals surface area (Å²) in [4.78, 5) is 25.4. The summed E-state index contributed by atoms with van der Waals surface area (Å²) in [5.74, 6) is -1.09. The van der Waals surface area contributed by atoms with Gasteiger partial charge in [-0.25, -0.2) is 12.8 Å². The molecule has 6 nitrogen and oxygen atoms in total. The third-order valence-electron chi connectivity index (χ3n) is 5.90. The van der Waals surface area contributed by atoms with E-state index in [9.17, 15) is 22.4 Å². The van der Waals surface area contributed by atoms with Crippen LogP contribution in [0.1, 0.15) is 25.0 Å². The van der Waals surface area contributed by atoms with Crippen LogP contribution in [0.3, 0.4) is 0 Å². The van der Waals surface area contributed by atoms with Gasteiger partial charge in [-0.2, -0.15) is 0 Å². The second-order valence-corrected chi connectivity index (χ2v) is 10.1. The van der Waals surface area contributed by atoms with Crippen molar-refractivity contribution in [2.24, 2.45) is 0 Å². The highest BCUT2D eigenvalue weighted by atomic mass is 32.2. The van der Waals surface area contributed by atoms with Crippen LogP contribution in [0.15, 0.2) is 87.5 Å². The first-order valence-corrected chi connectivity index (χ1v) is 12.8. The highest BCUT2D eigenvalue weighted by Crippen LogP contribution is 2.23. The SMILES string of the molecule is CCc1ccc(NC(=O)Cn2cc(S(=O)(=O)c3ccc(CC)cc3)c(=O)c3cc(F)ccc32)cc1. The first-order valence-electron chi connectivity index (χ1n) is 11.3. The molecule has 1 N–H and O–H groups in total. The standard InChI is InChI=1S/C27H25FN2O4S/c1-3-18-5-10-21(11-6-18)29-26(31)17-30-16-25(27(32)23-15-20(28)9-14-24(23)30)35(33,34)22-12-7-19(4-2)8-13-22/h5-16H,3-4,17H2,1-2H3,(H,29,31). The van der Waals surface area contributed by atoms with E-state index >= 15 is 0 Å².